The molecule has 2 aliphatic heterocycles. The maximum atomic E-state index is 12.6. The fourth-order valence-electron chi connectivity index (χ4n) is 4.58. The molecular weight excluding hydrogens is 458 g/mol. The summed E-state index contributed by atoms with van der Waals surface area (Å²) in [5.74, 6) is 2.34. The number of fused-ring (bicyclic) bond motifs is 1. The minimum absolute atomic E-state index is 0.136. The number of hydrogen-bond donors (Lipinski definition) is 1. The molecule has 2 aliphatic rings. The molecule has 8 nitrogen and oxygen atoms in total. The molecule has 10 heteroatoms. The highest BCUT2D eigenvalue weighted by molar-refractivity contribution is 7.99. The minimum Gasteiger partial charge on any atom is -0.465 e. The number of aromatic nitrogens is 4. The highest BCUT2D eigenvalue weighted by atomic mass is 32.2. The number of nitrogens with one attached hydrogen (secondary N) is 1. The Balaban J connectivity index is 1.51. The van der Waals surface area contributed by atoms with Gasteiger partial charge in [0.2, 0.25) is 0 Å². The van der Waals surface area contributed by atoms with E-state index in [0.29, 0.717) is 24.6 Å². The Hall–Kier alpha value is -2.14. The molecule has 0 radical (unpaired) electrons. The molecule has 5 rings (SSSR count). The third kappa shape index (κ3) is 4.62. The van der Waals surface area contributed by atoms with Crippen LogP contribution >= 0.6 is 24.0 Å². The Bertz CT molecular complexity index is 1180. The molecule has 33 heavy (non-hydrogen) atoms. The third-order valence-electron chi connectivity index (χ3n) is 6.28. The van der Waals surface area contributed by atoms with Crippen molar-refractivity contribution in [3.63, 3.8) is 0 Å². The molecule has 1 N–H and O–H groups in total. The SMILES string of the molecule is CCOC(=O)[C@@H]1CSCCN1Cn1nc(-c2c[nH]c3ccccc23)n(C[C@@H]2CCCO2)c1=S. The summed E-state index contributed by atoms with van der Waals surface area (Å²) in [5, 5.41) is 6.09. The molecule has 0 saturated carbocycles. The van der Waals surface area contributed by atoms with Gasteiger partial charge in [0.25, 0.3) is 0 Å². The summed E-state index contributed by atoms with van der Waals surface area (Å²) < 4.78 is 15.8. The summed E-state index contributed by atoms with van der Waals surface area (Å²) in [6, 6.07) is 7.92. The van der Waals surface area contributed by atoms with Gasteiger partial charge in [-0.15, -0.1) is 0 Å². The van der Waals surface area contributed by atoms with Crippen LogP contribution < -0.4 is 0 Å². The van der Waals surface area contributed by atoms with Crippen LogP contribution in [0.25, 0.3) is 22.3 Å². The van der Waals surface area contributed by atoms with Gasteiger partial charge in [-0.3, -0.25) is 14.3 Å². The van der Waals surface area contributed by atoms with Crippen molar-refractivity contribution < 1.29 is 14.3 Å². The number of thioether (sulfide) groups is 1. The number of benzene rings is 1. The van der Waals surface area contributed by atoms with E-state index >= 15 is 0 Å². The van der Waals surface area contributed by atoms with Crippen LogP contribution in [-0.4, -0.2) is 73.6 Å². The normalized spacial score (nSPS) is 21.6. The van der Waals surface area contributed by atoms with E-state index in [4.69, 9.17) is 26.8 Å². The second-order valence-corrected chi connectivity index (χ2v) is 9.91. The van der Waals surface area contributed by atoms with E-state index in [1.165, 1.54) is 0 Å². The first kappa shape index (κ1) is 22.6. The standard InChI is InChI=1S/C23H29N5O3S2/c1-2-30-22(29)20-14-33-11-9-26(20)15-28-23(32)27(13-16-6-5-10-31-16)21(25-28)18-12-24-19-8-4-3-7-17(18)19/h3-4,7-8,12,16,20,24H,2,5-6,9-11,13-15H2,1H3/t16-,20-/m0/s1. The number of rotatable bonds is 7. The molecule has 1 aromatic carbocycles. The third-order valence-corrected chi connectivity index (χ3v) is 7.73. The second-order valence-electron chi connectivity index (χ2n) is 8.40. The molecule has 4 heterocycles. The van der Waals surface area contributed by atoms with Crippen LogP contribution in [0.4, 0.5) is 0 Å². The molecule has 0 bridgehead atoms. The average molecular weight is 488 g/mol. The topological polar surface area (TPSA) is 77.3 Å². The Morgan fingerprint density at radius 1 is 1.39 bits per heavy atom. The second kappa shape index (κ2) is 10.0. The molecule has 2 atom stereocenters. The molecule has 2 saturated heterocycles. The van der Waals surface area contributed by atoms with Gasteiger partial charge in [-0.2, -0.15) is 16.9 Å². The number of ether oxygens (including phenoxy) is 2. The first-order valence-corrected chi connectivity index (χ1v) is 13.1. The van der Waals surface area contributed by atoms with E-state index in [1.54, 1.807) is 11.8 Å². The zero-order valence-electron chi connectivity index (χ0n) is 18.7. The van der Waals surface area contributed by atoms with Gasteiger partial charge in [0.05, 0.1) is 25.9 Å². The molecule has 0 aliphatic carbocycles. The monoisotopic (exact) mass is 487 g/mol. The van der Waals surface area contributed by atoms with Crippen LogP contribution in [0.15, 0.2) is 30.5 Å². The summed E-state index contributed by atoms with van der Waals surface area (Å²) in [5.41, 5.74) is 2.08. The molecule has 3 aromatic rings. The van der Waals surface area contributed by atoms with Crippen LogP contribution in [0.1, 0.15) is 19.8 Å². The number of aromatic amines is 1. The van der Waals surface area contributed by atoms with Gasteiger partial charge < -0.3 is 14.5 Å². The molecular formula is C23H29N5O3S2. The number of nitrogens with zero attached hydrogens (tertiary/aromatic N) is 4. The van der Waals surface area contributed by atoms with Crippen LogP contribution in [0, 0.1) is 4.77 Å². The predicted octanol–water partition coefficient (Wildman–Crippen LogP) is 3.68. The van der Waals surface area contributed by atoms with E-state index in [9.17, 15) is 4.79 Å². The van der Waals surface area contributed by atoms with Crippen LogP contribution in [-0.2, 0) is 27.5 Å². The molecule has 2 fully saturated rings. The largest absolute Gasteiger partial charge is 0.465 e. The molecule has 0 amide bonds. The first-order valence-electron chi connectivity index (χ1n) is 11.5. The summed E-state index contributed by atoms with van der Waals surface area (Å²) in [6.07, 6.45) is 4.23. The lowest BCUT2D eigenvalue weighted by Gasteiger charge is -2.33. The number of esters is 1. The number of para-hydroxylation sites is 1. The van der Waals surface area contributed by atoms with Crippen molar-refractivity contribution in [2.75, 3.05) is 31.3 Å². The van der Waals surface area contributed by atoms with Gasteiger partial charge in [0.15, 0.2) is 10.6 Å². The van der Waals surface area contributed by atoms with Crippen molar-refractivity contribution in [1.29, 1.82) is 0 Å². The lowest BCUT2D eigenvalue weighted by Crippen LogP contribution is -2.48. The summed E-state index contributed by atoms with van der Waals surface area (Å²) in [7, 11) is 0. The van der Waals surface area contributed by atoms with Crippen molar-refractivity contribution in [2.45, 2.75) is 45.1 Å². The van der Waals surface area contributed by atoms with Crippen molar-refractivity contribution in [1.82, 2.24) is 24.2 Å². The van der Waals surface area contributed by atoms with Gasteiger partial charge in [-0.25, -0.2) is 4.68 Å². The van der Waals surface area contributed by atoms with Crippen molar-refractivity contribution in [3.05, 3.63) is 35.2 Å². The Morgan fingerprint density at radius 2 is 2.27 bits per heavy atom. The highest BCUT2D eigenvalue weighted by Crippen LogP contribution is 2.29. The maximum Gasteiger partial charge on any atom is 0.324 e. The van der Waals surface area contributed by atoms with Gasteiger partial charge in [-0.1, -0.05) is 18.2 Å². The van der Waals surface area contributed by atoms with E-state index in [2.05, 4.69) is 26.6 Å². The lowest BCUT2D eigenvalue weighted by molar-refractivity contribution is -0.149. The van der Waals surface area contributed by atoms with E-state index < -0.39 is 0 Å². The molecule has 176 valence electrons. The number of H-pyrrole nitrogens is 1. The van der Waals surface area contributed by atoms with Gasteiger partial charge in [-0.05, 0) is 38.0 Å². The quantitative estimate of drug-likeness (QED) is 0.402. The van der Waals surface area contributed by atoms with Crippen LogP contribution in [0.2, 0.25) is 0 Å². The smallest absolute Gasteiger partial charge is 0.324 e. The summed E-state index contributed by atoms with van der Waals surface area (Å²) in [4.78, 5) is 18.0. The Morgan fingerprint density at radius 3 is 3.09 bits per heavy atom. The van der Waals surface area contributed by atoms with Crippen LogP contribution in [0.3, 0.4) is 0 Å². The number of hydrogen-bond acceptors (Lipinski definition) is 7. The molecule has 0 spiro atoms. The molecule has 0 unspecified atom stereocenters. The zero-order valence-corrected chi connectivity index (χ0v) is 20.4. The summed E-state index contributed by atoms with van der Waals surface area (Å²) in [6.45, 7) is 4.93. The van der Waals surface area contributed by atoms with Gasteiger partial charge in [0, 0.05) is 47.3 Å². The van der Waals surface area contributed by atoms with Gasteiger partial charge in [0.1, 0.15) is 6.04 Å². The maximum absolute atomic E-state index is 12.6. The van der Waals surface area contributed by atoms with Crippen molar-refractivity contribution in [2.24, 2.45) is 0 Å². The highest BCUT2D eigenvalue weighted by Gasteiger charge is 2.31. The van der Waals surface area contributed by atoms with E-state index in [0.717, 1.165) is 59.8 Å². The fraction of sp³-hybridized carbons (Fsp3) is 0.522. The Kier molecular flexibility index (Phi) is 6.86. The Labute approximate surface area is 202 Å². The minimum atomic E-state index is -0.287. The van der Waals surface area contributed by atoms with Gasteiger partial charge >= 0.3 is 5.97 Å². The van der Waals surface area contributed by atoms with E-state index in [1.807, 2.05) is 29.9 Å². The zero-order chi connectivity index (χ0) is 22.8. The average Bonchev–Trinajstić information content (AvgIpc) is 3.56. The number of carbonyl (C=O) groups is 1. The lowest BCUT2D eigenvalue weighted by atomic mass is 10.1. The predicted molar refractivity (Wildman–Crippen MR) is 132 cm³/mol. The van der Waals surface area contributed by atoms with Crippen molar-refractivity contribution >= 4 is 40.9 Å². The first-order chi connectivity index (χ1) is 16.2. The van der Waals surface area contributed by atoms with Crippen LogP contribution in [0.5, 0.6) is 0 Å². The molecule has 2 aromatic heterocycles. The summed E-state index contributed by atoms with van der Waals surface area (Å²) >= 11 is 7.70. The van der Waals surface area contributed by atoms with E-state index in [-0.39, 0.29) is 18.1 Å². The number of carbonyl (C=O) groups excluding carboxylic acids is 1. The van der Waals surface area contributed by atoms with Crippen molar-refractivity contribution in [3.8, 4) is 11.4 Å². The fourth-order valence-corrected chi connectivity index (χ4v) is 5.94.